The molecule has 3 heterocycles. The Morgan fingerprint density at radius 1 is 1.05 bits per heavy atom. The van der Waals surface area contributed by atoms with E-state index in [1.54, 1.807) is 24.2 Å². The highest BCUT2D eigenvalue weighted by molar-refractivity contribution is 6.13. The molecule has 2 N–H and O–H groups in total. The molecule has 2 amide bonds. The summed E-state index contributed by atoms with van der Waals surface area (Å²) in [5, 5.41) is 6.89. The second-order valence-electron chi connectivity index (χ2n) is 10.3. The molecule has 0 radical (unpaired) electrons. The Morgan fingerprint density at radius 3 is 2.54 bits per heavy atom. The normalized spacial score (nSPS) is 16.0. The van der Waals surface area contributed by atoms with Crippen LogP contribution in [0.1, 0.15) is 61.8 Å². The number of benzene rings is 2. The molecule has 1 fully saturated rings. The smallest absolute Gasteiger partial charge is 0.260 e. The van der Waals surface area contributed by atoms with Gasteiger partial charge in [0.2, 0.25) is 0 Å². The summed E-state index contributed by atoms with van der Waals surface area (Å²) in [5.74, 6) is 1.11. The lowest BCUT2D eigenvalue weighted by molar-refractivity contribution is 0.0788. The molecule has 5 rings (SSSR count). The van der Waals surface area contributed by atoms with Crippen LogP contribution in [0.3, 0.4) is 0 Å². The predicted octanol–water partition coefficient (Wildman–Crippen LogP) is 5.82. The molecule has 9 heteroatoms. The van der Waals surface area contributed by atoms with Crippen molar-refractivity contribution in [2.24, 2.45) is 0 Å². The van der Waals surface area contributed by atoms with E-state index in [1.165, 1.54) is 0 Å². The van der Waals surface area contributed by atoms with Crippen molar-refractivity contribution in [3.05, 3.63) is 65.9 Å². The first-order valence-electron chi connectivity index (χ1n) is 14.5. The molecule has 0 spiro atoms. The molecule has 2 aromatic carbocycles. The van der Waals surface area contributed by atoms with Crippen molar-refractivity contribution in [2.75, 3.05) is 48.9 Å². The average molecular weight is 559 g/mol. The molecule has 0 aliphatic carbocycles. The van der Waals surface area contributed by atoms with Crippen LogP contribution < -0.4 is 25.2 Å². The molecule has 1 saturated heterocycles. The third-order valence-corrected chi connectivity index (χ3v) is 7.22. The van der Waals surface area contributed by atoms with Gasteiger partial charge in [0.15, 0.2) is 0 Å². The van der Waals surface area contributed by atoms with E-state index in [0.717, 1.165) is 24.3 Å². The summed E-state index contributed by atoms with van der Waals surface area (Å²) >= 11 is 0. The van der Waals surface area contributed by atoms with Crippen molar-refractivity contribution in [3.63, 3.8) is 0 Å². The van der Waals surface area contributed by atoms with Crippen LogP contribution in [0.2, 0.25) is 0 Å². The molecule has 3 aromatic rings. The number of para-hydroxylation sites is 1. The number of nitrogens with one attached hydrogen (secondary N) is 2. The number of hydrogen-bond donors (Lipinski definition) is 2. The number of amides is 2. The van der Waals surface area contributed by atoms with E-state index >= 15 is 0 Å². The van der Waals surface area contributed by atoms with Crippen molar-refractivity contribution in [3.8, 4) is 5.75 Å². The number of carbonyl (C=O) groups excluding carboxylic acids is 2. The van der Waals surface area contributed by atoms with E-state index < -0.39 is 0 Å². The molecule has 0 saturated carbocycles. The molecule has 9 nitrogen and oxygen atoms in total. The van der Waals surface area contributed by atoms with Crippen molar-refractivity contribution in [2.45, 2.75) is 53.1 Å². The van der Waals surface area contributed by atoms with E-state index in [2.05, 4.69) is 29.5 Å². The molecule has 0 bridgehead atoms. The molecule has 218 valence electrons. The van der Waals surface area contributed by atoms with Gasteiger partial charge in [0.1, 0.15) is 11.6 Å². The Morgan fingerprint density at radius 2 is 1.80 bits per heavy atom. The summed E-state index contributed by atoms with van der Waals surface area (Å²) in [6.45, 7) is 12.1. The minimum Gasteiger partial charge on any atom is -0.492 e. The highest BCUT2D eigenvalue weighted by Gasteiger charge is 2.29. The Hall–Kier alpha value is -4.11. The van der Waals surface area contributed by atoms with E-state index in [4.69, 9.17) is 4.74 Å². The maximum Gasteiger partial charge on any atom is 0.260 e. The van der Waals surface area contributed by atoms with Gasteiger partial charge in [-0.15, -0.1) is 0 Å². The highest BCUT2D eigenvalue weighted by Crippen LogP contribution is 2.40. The number of carbonyl (C=O) groups is 2. The van der Waals surface area contributed by atoms with Gasteiger partial charge in [0.25, 0.3) is 11.8 Å². The predicted molar refractivity (Wildman–Crippen MR) is 166 cm³/mol. The van der Waals surface area contributed by atoms with Crippen molar-refractivity contribution in [1.82, 2.24) is 15.2 Å². The maximum absolute atomic E-state index is 13.3. The number of rotatable bonds is 7. The van der Waals surface area contributed by atoms with Gasteiger partial charge >= 0.3 is 0 Å². The van der Waals surface area contributed by atoms with Crippen molar-refractivity contribution < 1.29 is 14.3 Å². The number of anilines is 5. The summed E-state index contributed by atoms with van der Waals surface area (Å²) in [6.07, 6.45) is 2.65. The number of ether oxygens (including phenoxy) is 1. The minimum absolute atomic E-state index is 0.00621. The number of aromatic nitrogens is 1. The SMILES string of the molecule is CC.CCOc1cc(C(=O)N2CCC(NC(C)C)C2)ccc1Nc1cc2c(cn1)N(C)C(=O)c1ccccc1N2C. The standard InChI is InChI=1S/C30H36N6O3.C2H6/c1-6-39-27-15-20(29(37)36-14-13-21(18-36)32-19(2)3)11-12-23(27)33-28-16-25-26(17-31-28)35(5)30(38)22-9-7-8-10-24(22)34(25)4;1-2/h7-12,15-17,19,21,32H,6,13-14,18H2,1-5H3,(H,31,33);1-2H3. The van der Waals surface area contributed by atoms with Crippen LogP contribution >= 0.6 is 0 Å². The van der Waals surface area contributed by atoms with Gasteiger partial charge in [0.05, 0.1) is 41.1 Å². The zero-order chi connectivity index (χ0) is 29.7. The fraction of sp³-hybridized carbons (Fsp3) is 0.406. The van der Waals surface area contributed by atoms with Crippen LogP contribution in [0.4, 0.5) is 28.6 Å². The average Bonchev–Trinajstić information content (AvgIpc) is 3.43. The molecular weight excluding hydrogens is 516 g/mol. The number of hydrogen-bond acceptors (Lipinski definition) is 7. The van der Waals surface area contributed by atoms with Gasteiger partial charge in [-0.3, -0.25) is 9.59 Å². The summed E-state index contributed by atoms with van der Waals surface area (Å²) in [7, 11) is 3.70. The van der Waals surface area contributed by atoms with Crippen LogP contribution in [0.5, 0.6) is 5.75 Å². The van der Waals surface area contributed by atoms with Gasteiger partial charge in [-0.05, 0) is 43.7 Å². The van der Waals surface area contributed by atoms with Crippen LogP contribution in [-0.2, 0) is 0 Å². The first-order valence-corrected chi connectivity index (χ1v) is 14.5. The molecular formula is C32H42N6O3. The number of pyridine rings is 1. The van der Waals surface area contributed by atoms with E-state index in [1.807, 2.05) is 80.1 Å². The highest BCUT2D eigenvalue weighted by atomic mass is 16.5. The van der Waals surface area contributed by atoms with E-state index in [9.17, 15) is 9.59 Å². The summed E-state index contributed by atoms with van der Waals surface area (Å²) in [4.78, 5) is 36.5. The van der Waals surface area contributed by atoms with Crippen LogP contribution in [-0.4, -0.2) is 67.6 Å². The van der Waals surface area contributed by atoms with E-state index in [-0.39, 0.29) is 11.8 Å². The first kappa shape index (κ1) is 29.9. The zero-order valence-corrected chi connectivity index (χ0v) is 25.2. The summed E-state index contributed by atoms with van der Waals surface area (Å²) in [6, 6.07) is 15.7. The molecule has 1 aromatic heterocycles. The van der Waals surface area contributed by atoms with Crippen molar-refractivity contribution >= 4 is 40.4 Å². The minimum atomic E-state index is -0.0816. The van der Waals surface area contributed by atoms with Crippen LogP contribution in [0, 0.1) is 0 Å². The topological polar surface area (TPSA) is 90.0 Å². The Balaban J connectivity index is 0.00000189. The maximum atomic E-state index is 13.3. The lowest BCUT2D eigenvalue weighted by Gasteiger charge is -2.23. The van der Waals surface area contributed by atoms with Gasteiger partial charge in [-0.25, -0.2) is 4.98 Å². The third kappa shape index (κ3) is 6.30. The third-order valence-electron chi connectivity index (χ3n) is 7.22. The fourth-order valence-corrected chi connectivity index (χ4v) is 5.31. The fourth-order valence-electron chi connectivity index (χ4n) is 5.31. The Bertz CT molecular complexity index is 1390. The molecule has 2 aliphatic heterocycles. The molecule has 1 atom stereocenters. The lowest BCUT2D eigenvalue weighted by Crippen LogP contribution is -2.38. The molecule has 1 unspecified atom stereocenters. The lowest BCUT2D eigenvalue weighted by atomic mass is 10.1. The second kappa shape index (κ2) is 13.0. The largest absolute Gasteiger partial charge is 0.492 e. The Labute approximate surface area is 243 Å². The molecule has 41 heavy (non-hydrogen) atoms. The number of nitrogens with zero attached hydrogens (tertiary/aromatic N) is 4. The van der Waals surface area contributed by atoms with Gasteiger partial charge in [-0.2, -0.15) is 0 Å². The van der Waals surface area contributed by atoms with E-state index in [0.29, 0.717) is 59.3 Å². The van der Waals surface area contributed by atoms with Crippen LogP contribution in [0.15, 0.2) is 54.7 Å². The summed E-state index contributed by atoms with van der Waals surface area (Å²) in [5.41, 5.74) is 4.33. The molecule has 2 aliphatic rings. The quantitative estimate of drug-likeness (QED) is 0.378. The van der Waals surface area contributed by atoms with Crippen molar-refractivity contribution in [1.29, 1.82) is 0 Å². The number of likely N-dealkylation sites (tertiary alicyclic amines) is 1. The zero-order valence-electron chi connectivity index (χ0n) is 25.2. The monoisotopic (exact) mass is 558 g/mol. The van der Waals surface area contributed by atoms with Gasteiger partial charge < -0.3 is 30.1 Å². The van der Waals surface area contributed by atoms with Gasteiger partial charge in [-0.1, -0.05) is 39.8 Å². The first-order chi connectivity index (χ1) is 19.8. The summed E-state index contributed by atoms with van der Waals surface area (Å²) < 4.78 is 5.93. The van der Waals surface area contributed by atoms with Crippen LogP contribution in [0.25, 0.3) is 0 Å². The second-order valence-corrected chi connectivity index (χ2v) is 10.3. The van der Waals surface area contributed by atoms with Gasteiger partial charge in [0, 0.05) is 50.9 Å². The number of fused-ring (bicyclic) bond motifs is 2. The Kier molecular flexibility index (Phi) is 9.50.